The van der Waals surface area contributed by atoms with Gasteiger partial charge in [0.25, 0.3) is 0 Å². The number of carbonyl (C=O) groups excluding carboxylic acids is 1. The summed E-state index contributed by atoms with van der Waals surface area (Å²) < 4.78 is 8.80. The normalized spacial score (nSPS) is 15.0. The van der Waals surface area contributed by atoms with E-state index in [2.05, 4.69) is 38.1 Å². The first-order valence-electron chi connectivity index (χ1n) is 8.58. The Labute approximate surface area is 147 Å². The third-order valence-electron chi connectivity index (χ3n) is 4.62. The van der Waals surface area contributed by atoms with Gasteiger partial charge in [-0.15, -0.1) is 0 Å². The van der Waals surface area contributed by atoms with Gasteiger partial charge in [0.2, 0.25) is 5.91 Å². The number of methoxy groups -OCH3 is 1. The van der Waals surface area contributed by atoms with E-state index in [-0.39, 0.29) is 12.5 Å². The molecule has 0 radical (unpaired) electrons. The van der Waals surface area contributed by atoms with Crippen LogP contribution >= 0.6 is 0 Å². The van der Waals surface area contributed by atoms with E-state index < -0.39 is 0 Å². The lowest BCUT2D eigenvalue weighted by Crippen LogP contribution is -2.26. The highest BCUT2D eigenvalue weighted by Gasteiger charge is 2.18. The van der Waals surface area contributed by atoms with Crippen LogP contribution < -0.4 is 5.32 Å². The van der Waals surface area contributed by atoms with E-state index in [1.54, 1.807) is 0 Å². The molecule has 1 aliphatic rings. The van der Waals surface area contributed by atoms with Crippen molar-refractivity contribution in [2.75, 3.05) is 20.3 Å². The molecule has 8 heteroatoms. The van der Waals surface area contributed by atoms with Gasteiger partial charge in [0.05, 0.1) is 24.1 Å². The molecule has 0 saturated heterocycles. The van der Waals surface area contributed by atoms with Crippen molar-refractivity contribution in [1.82, 2.24) is 29.8 Å². The van der Waals surface area contributed by atoms with Crippen LogP contribution in [0.1, 0.15) is 29.1 Å². The number of fused-ring (bicyclic) bond motifs is 1. The second-order valence-corrected chi connectivity index (χ2v) is 6.50. The summed E-state index contributed by atoms with van der Waals surface area (Å²) in [6.07, 6.45) is 3.01. The molecule has 0 unspecified atom stereocenters. The molecule has 2 aromatic rings. The molecule has 0 aliphatic carbocycles. The molecule has 136 valence electrons. The number of rotatable bonds is 6. The quantitative estimate of drug-likeness (QED) is 0.829. The van der Waals surface area contributed by atoms with Gasteiger partial charge in [0.1, 0.15) is 6.61 Å². The lowest BCUT2D eigenvalue weighted by atomic mass is 10.2. The van der Waals surface area contributed by atoms with Gasteiger partial charge in [0.15, 0.2) is 0 Å². The largest absolute Gasteiger partial charge is 0.375 e. The third kappa shape index (κ3) is 4.26. The molecule has 8 nitrogen and oxygen atoms in total. The van der Waals surface area contributed by atoms with Gasteiger partial charge in [-0.3, -0.25) is 19.1 Å². The first-order chi connectivity index (χ1) is 12.1. The highest BCUT2D eigenvalue weighted by atomic mass is 16.5. The molecule has 1 amide bonds. The fourth-order valence-corrected chi connectivity index (χ4v) is 3.12. The molecule has 0 atom stereocenters. The summed E-state index contributed by atoms with van der Waals surface area (Å²) in [5.41, 5.74) is 4.55. The van der Waals surface area contributed by atoms with Crippen LogP contribution in [0.4, 0.5) is 0 Å². The topological polar surface area (TPSA) is 77.2 Å². The van der Waals surface area contributed by atoms with Gasteiger partial charge < -0.3 is 10.1 Å². The monoisotopic (exact) mass is 346 g/mol. The van der Waals surface area contributed by atoms with Crippen LogP contribution in [0.2, 0.25) is 0 Å². The molecule has 0 spiro atoms. The maximum Gasteiger partial charge on any atom is 0.246 e. The molecule has 3 rings (SSSR count). The Morgan fingerprint density at radius 1 is 1.40 bits per heavy atom. The summed E-state index contributed by atoms with van der Waals surface area (Å²) in [5.74, 6) is -0.126. The van der Waals surface area contributed by atoms with Crippen molar-refractivity contribution in [3.8, 4) is 0 Å². The fraction of sp³-hybridized carbons (Fsp3) is 0.588. The van der Waals surface area contributed by atoms with Gasteiger partial charge in [-0.2, -0.15) is 10.2 Å². The predicted octanol–water partition coefficient (Wildman–Crippen LogP) is 0.594. The Morgan fingerprint density at radius 2 is 2.24 bits per heavy atom. The molecular weight excluding hydrogens is 320 g/mol. The molecule has 0 saturated carbocycles. The van der Waals surface area contributed by atoms with Crippen molar-refractivity contribution in [2.24, 2.45) is 7.05 Å². The van der Waals surface area contributed by atoms with Crippen LogP contribution in [0, 0.1) is 6.92 Å². The molecule has 0 fully saturated rings. The summed E-state index contributed by atoms with van der Waals surface area (Å²) in [5, 5.41) is 11.8. The van der Waals surface area contributed by atoms with Gasteiger partial charge in [-0.1, -0.05) is 0 Å². The Morgan fingerprint density at radius 3 is 2.96 bits per heavy atom. The van der Waals surface area contributed by atoms with E-state index in [0.717, 1.165) is 38.3 Å². The number of hydrogen-bond acceptors (Lipinski definition) is 5. The number of nitrogens with zero attached hydrogens (tertiary/aromatic N) is 5. The van der Waals surface area contributed by atoms with Crippen LogP contribution in [0.15, 0.2) is 12.3 Å². The third-order valence-corrected chi connectivity index (χ3v) is 4.62. The maximum atomic E-state index is 11.5. The summed E-state index contributed by atoms with van der Waals surface area (Å²) in [4.78, 5) is 13.9. The number of nitrogens with one attached hydrogen (secondary N) is 1. The van der Waals surface area contributed by atoms with Gasteiger partial charge >= 0.3 is 0 Å². The van der Waals surface area contributed by atoms with Crippen molar-refractivity contribution < 1.29 is 9.53 Å². The number of amides is 1. The maximum absolute atomic E-state index is 11.5. The summed E-state index contributed by atoms with van der Waals surface area (Å²) in [6.45, 7) is 6.31. The first kappa shape index (κ1) is 17.6. The van der Waals surface area contributed by atoms with E-state index in [9.17, 15) is 4.79 Å². The zero-order chi connectivity index (χ0) is 17.8. The lowest BCUT2D eigenvalue weighted by Gasteiger charge is -2.19. The SMILES string of the molecule is COCC(=O)NCc1cc2n(n1)CCCN(Cc1cnn(C)c1C)C2. The summed E-state index contributed by atoms with van der Waals surface area (Å²) in [7, 11) is 3.48. The van der Waals surface area contributed by atoms with E-state index in [1.165, 1.54) is 24.1 Å². The van der Waals surface area contributed by atoms with Crippen LogP contribution in [-0.2, 0) is 42.8 Å². The molecule has 0 bridgehead atoms. The lowest BCUT2D eigenvalue weighted by molar-refractivity contribution is -0.124. The van der Waals surface area contributed by atoms with E-state index in [1.807, 2.05) is 17.9 Å². The Kier molecular flexibility index (Phi) is 5.50. The minimum Gasteiger partial charge on any atom is -0.375 e. The van der Waals surface area contributed by atoms with Crippen molar-refractivity contribution in [3.05, 3.63) is 34.9 Å². The number of aryl methyl sites for hydroxylation is 2. The van der Waals surface area contributed by atoms with E-state index >= 15 is 0 Å². The molecule has 1 aliphatic heterocycles. The summed E-state index contributed by atoms with van der Waals surface area (Å²) >= 11 is 0. The Hall–Kier alpha value is -2.19. The van der Waals surface area contributed by atoms with Crippen LogP contribution in [-0.4, -0.2) is 50.6 Å². The van der Waals surface area contributed by atoms with Crippen LogP contribution in [0.3, 0.4) is 0 Å². The van der Waals surface area contributed by atoms with Gasteiger partial charge in [-0.05, 0) is 19.4 Å². The van der Waals surface area contributed by atoms with E-state index in [0.29, 0.717) is 6.54 Å². The fourth-order valence-electron chi connectivity index (χ4n) is 3.12. The Balaban J connectivity index is 1.64. The number of hydrogen-bond donors (Lipinski definition) is 1. The molecular formula is C17H26N6O2. The van der Waals surface area contributed by atoms with Gasteiger partial charge in [-0.25, -0.2) is 0 Å². The minimum atomic E-state index is -0.126. The van der Waals surface area contributed by atoms with Crippen LogP contribution in [0.25, 0.3) is 0 Å². The zero-order valence-corrected chi connectivity index (χ0v) is 15.2. The van der Waals surface area contributed by atoms with Crippen LogP contribution in [0.5, 0.6) is 0 Å². The van der Waals surface area contributed by atoms with Crippen molar-refractivity contribution in [1.29, 1.82) is 0 Å². The smallest absolute Gasteiger partial charge is 0.246 e. The molecule has 25 heavy (non-hydrogen) atoms. The molecule has 2 aromatic heterocycles. The standard InChI is InChI=1S/C17H26N6O2/c1-13-14(8-19-21(13)2)10-22-5-4-6-23-16(11-22)7-15(20-23)9-18-17(24)12-25-3/h7-8H,4-6,9-12H2,1-3H3,(H,18,24). The second kappa shape index (κ2) is 7.79. The molecule has 0 aromatic carbocycles. The highest BCUT2D eigenvalue weighted by Crippen LogP contribution is 2.17. The first-order valence-corrected chi connectivity index (χ1v) is 8.58. The Bertz CT molecular complexity index is 736. The highest BCUT2D eigenvalue weighted by molar-refractivity contribution is 5.77. The number of aromatic nitrogens is 4. The zero-order valence-electron chi connectivity index (χ0n) is 15.2. The minimum absolute atomic E-state index is 0.0752. The molecule has 1 N–H and O–H groups in total. The van der Waals surface area contributed by atoms with Gasteiger partial charge in [0, 0.05) is 51.6 Å². The van der Waals surface area contributed by atoms with Crippen molar-refractivity contribution in [3.63, 3.8) is 0 Å². The van der Waals surface area contributed by atoms with Crippen molar-refractivity contribution in [2.45, 2.75) is 39.5 Å². The number of carbonyl (C=O) groups is 1. The number of ether oxygens (including phenoxy) is 1. The average molecular weight is 346 g/mol. The second-order valence-electron chi connectivity index (χ2n) is 6.50. The van der Waals surface area contributed by atoms with E-state index in [4.69, 9.17) is 4.74 Å². The summed E-state index contributed by atoms with van der Waals surface area (Å²) in [6, 6.07) is 2.08. The molecule has 3 heterocycles. The van der Waals surface area contributed by atoms with Crippen molar-refractivity contribution >= 4 is 5.91 Å². The predicted molar refractivity (Wildman–Crippen MR) is 92.6 cm³/mol. The average Bonchev–Trinajstić information content (AvgIpc) is 3.04.